The van der Waals surface area contributed by atoms with Gasteiger partial charge in [0, 0.05) is 0 Å². The first-order valence-corrected chi connectivity index (χ1v) is 8.38. The van der Waals surface area contributed by atoms with Gasteiger partial charge >= 0.3 is 17.1 Å². The smallest absolute Gasteiger partial charge is 0.872 e. The van der Waals surface area contributed by atoms with Crippen LogP contribution in [0.5, 0.6) is 11.5 Å². The van der Waals surface area contributed by atoms with Crippen molar-refractivity contribution >= 4 is 0 Å². The molecular weight excluding hydrogens is 384 g/mol. The average molecular weight is 402 g/mol. The Labute approximate surface area is 170 Å². The molecule has 0 unspecified atom stereocenters. The zero-order valence-electron chi connectivity index (χ0n) is 14.5. The molecule has 1 radical (unpaired) electrons. The number of benzene rings is 4. The predicted octanol–water partition coefficient (Wildman–Crippen LogP) is 4.85. The third kappa shape index (κ3) is 5.49. The summed E-state index contributed by atoms with van der Waals surface area (Å²) in [6, 6.07) is 33.5. The van der Waals surface area contributed by atoms with Crippen molar-refractivity contribution in [3.8, 4) is 33.8 Å². The topological polar surface area (TPSA) is 46.1 Å². The second-order valence-corrected chi connectivity index (χ2v) is 5.72. The van der Waals surface area contributed by atoms with Gasteiger partial charge in [-0.2, -0.15) is 0 Å². The molecule has 2 nitrogen and oxygen atoms in total. The van der Waals surface area contributed by atoms with Crippen molar-refractivity contribution in [1.29, 1.82) is 0 Å². The van der Waals surface area contributed by atoms with E-state index in [1.165, 1.54) is 0 Å². The van der Waals surface area contributed by atoms with E-state index in [2.05, 4.69) is 0 Å². The molecule has 3 heteroatoms. The molecule has 4 aromatic carbocycles. The first-order valence-electron chi connectivity index (χ1n) is 8.38. The molecule has 0 bridgehead atoms. The van der Waals surface area contributed by atoms with Crippen molar-refractivity contribution < 1.29 is 27.3 Å². The predicted molar refractivity (Wildman–Crippen MR) is 103 cm³/mol. The summed E-state index contributed by atoms with van der Waals surface area (Å²) in [6.45, 7) is 0. The van der Waals surface area contributed by atoms with Crippen LogP contribution in [0.1, 0.15) is 0 Å². The Hall–Kier alpha value is -3.00. The molecular formula is C24H18CuO2. The maximum absolute atomic E-state index is 11.4. The maximum Gasteiger partial charge on any atom is 2.00 e. The van der Waals surface area contributed by atoms with Crippen molar-refractivity contribution in [2.24, 2.45) is 0 Å². The molecule has 137 valence electrons. The minimum Gasteiger partial charge on any atom is -0.872 e. The monoisotopic (exact) mass is 401 g/mol. The van der Waals surface area contributed by atoms with E-state index in [1.807, 2.05) is 84.9 Å². The Kier molecular flexibility index (Phi) is 7.69. The van der Waals surface area contributed by atoms with Crippen LogP contribution < -0.4 is 10.2 Å². The maximum atomic E-state index is 11.4. The van der Waals surface area contributed by atoms with Gasteiger partial charge in [0.15, 0.2) is 0 Å². The summed E-state index contributed by atoms with van der Waals surface area (Å²) in [5, 5.41) is 22.8. The molecule has 0 saturated carbocycles. The van der Waals surface area contributed by atoms with Crippen molar-refractivity contribution in [2.75, 3.05) is 0 Å². The zero-order chi connectivity index (χ0) is 18.2. The molecule has 0 aliphatic heterocycles. The van der Waals surface area contributed by atoms with Crippen LogP contribution >= 0.6 is 0 Å². The van der Waals surface area contributed by atoms with Crippen LogP contribution in [-0.2, 0) is 17.1 Å². The van der Waals surface area contributed by atoms with Gasteiger partial charge in [-0.1, -0.05) is 109 Å². The van der Waals surface area contributed by atoms with Gasteiger partial charge in [-0.25, -0.2) is 0 Å². The molecule has 0 aliphatic carbocycles. The Bertz CT molecular complexity index is 873. The number of hydrogen-bond acceptors (Lipinski definition) is 2. The zero-order valence-corrected chi connectivity index (χ0v) is 15.5. The fourth-order valence-corrected chi connectivity index (χ4v) is 2.65. The van der Waals surface area contributed by atoms with E-state index in [9.17, 15) is 10.2 Å². The molecule has 4 aromatic rings. The summed E-state index contributed by atoms with van der Waals surface area (Å²) in [5.74, 6) is 0.155. The molecule has 27 heavy (non-hydrogen) atoms. The Morgan fingerprint density at radius 2 is 0.667 bits per heavy atom. The molecule has 0 heterocycles. The standard InChI is InChI=1S/2C12H10O.Cu/c2*13-12-9-5-4-8-11(12)10-6-2-1-3-7-10;/h2*1-9,13H;/q;;+2/p-2. The summed E-state index contributed by atoms with van der Waals surface area (Å²) < 4.78 is 0. The number of rotatable bonds is 2. The first kappa shape index (κ1) is 20.3. The van der Waals surface area contributed by atoms with Crippen molar-refractivity contribution in [1.82, 2.24) is 0 Å². The SMILES string of the molecule is [Cu+2].[O-]c1ccccc1-c1ccccc1.[O-]c1ccccc1-c1ccccc1. The minimum atomic E-state index is 0. The van der Waals surface area contributed by atoms with Crippen LogP contribution in [0.4, 0.5) is 0 Å². The second-order valence-electron chi connectivity index (χ2n) is 5.72. The number of hydrogen-bond donors (Lipinski definition) is 0. The summed E-state index contributed by atoms with van der Waals surface area (Å²) in [7, 11) is 0. The summed E-state index contributed by atoms with van der Waals surface area (Å²) in [4.78, 5) is 0. The van der Waals surface area contributed by atoms with Gasteiger partial charge in [-0.3, -0.25) is 0 Å². The van der Waals surface area contributed by atoms with E-state index >= 15 is 0 Å². The van der Waals surface area contributed by atoms with Crippen LogP contribution in [0, 0.1) is 0 Å². The van der Waals surface area contributed by atoms with E-state index < -0.39 is 0 Å². The summed E-state index contributed by atoms with van der Waals surface area (Å²) in [6.07, 6.45) is 0. The Morgan fingerprint density at radius 3 is 1.00 bits per heavy atom. The molecule has 0 aromatic heterocycles. The van der Waals surface area contributed by atoms with Crippen LogP contribution in [0.3, 0.4) is 0 Å². The molecule has 0 saturated heterocycles. The van der Waals surface area contributed by atoms with E-state index in [0.717, 1.165) is 22.3 Å². The molecule has 0 amide bonds. The summed E-state index contributed by atoms with van der Waals surface area (Å²) in [5.41, 5.74) is 3.49. The van der Waals surface area contributed by atoms with Crippen LogP contribution in [0.25, 0.3) is 22.3 Å². The fourth-order valence-electron chi connectivity index (χ4n) is 2.65. The van der Waals surface area contributed by atoms with E-state index in [0.29, 0.717) is 0 Å². The van der Waals surface area contributed by atoms with Gasteiger partial charge < -0.3 is 10.2 Å². The van der Waals surface area contributed by atoms with Gasteiger partial charge in [-0.05, 0) is 22.3 Å². The van der Waals surface area contributed by atoms with E-state index in [1.54, 1.807) is 24.3 Å². The molecule has 0 atom stereocenters. The number of para-hydroxylation sites is 2. The molecule has 0 fully saturated rings. The van der Waals surface area contributed by atoms with Crippen molar-refractivity contribution in [3.63, 3.8) is 0 Å². The Morgan fingerprint density at radius 1 is 0.370 bits per heavy atom. The first-order chi connectivity index (χ1) is 12.8. The van der Waals surface area contributed by atoms with Crippen molar-refractivity contribution in [3.05, 3.63) is 109 Å². The van der Waals surface area contributed by atoms with Gasteiger partial charge in [0.2, 0.25) is 0 Å². The van der Waals surface area contributed by atoms with E-state index in [-0.39, 0.29) is 28.6 Å². The molecule has 0 aliphatic rings. The van der Waals surface area contributed by atoms with Gasteiger partial charge in [0.25, 0.3) is 0 Å². The quantitative estimate of drug-likeness (QED) is 0.450. The summed E-state index contributed by atoms with van der Waals surface area (Å²) >= 11 is 0. The van der Waals surface area contributed by atoms with Gasteiger partial charge in [-0.15, -0.1) is 11.5 Å². The second kappa shape index (κ2) is 10.2. The van der Waals surface area contributed by atoms with Crippen LogP contribution in [0.2, 0.25) is 0 Å². The Balaban J connectivity index is 0.000000187. The fraction of sp³-hybridized carbons (Fsp3) is 0. The van der Waals surface area contributed by atoms with Crippen LogP contribution in [-0.4, -0.2) is 0 Å². The largest absolute Gasteiger partial charge is 2.00 e. The molecule has 4 rings (SSSR count). The van der Waals surface area contributed by atoms with Gasteiger partial charge in [0.05, 0.1) is 0 Å². The van der Waals surface area contributed by atoms with Crippen LogP contribution in [0.15, 0.2) is 109 Å². The van der Waals surface area contributed by atoms with Crippen molar-refractivity contribution in [2.45, 2.75) is 0 Å². The molecule has 0 spiro atoms. The van der Waals surface area contributed by atoms with E-state index in [4.69, 9.17) is 0 Å². The molecule has 0 N–H and O–H groups in total. The normalized spacial score (nSPS) is 9.48. The third-order valence-corrected chi connectivity index (χ3v) is 3.94. The van der Waals surface area contributed by atoms with Gasteiger partial charge in [0.1, 0.15) is 0 Å². The average Bonchev–Trinajstić information content (AvgIpc) is 2.71. The third-order valence-electron chi connectivity index (χ3n) is 3.94. The minimum absolute atomic E-state index is 0.